The summed E-state index contributed by atoms with van der Waals surface area (Å²) in [6, 6.07) is 20.2. The van der Waals surface area contributed by atoms with E-state index < -0.39 is 0 Å². The van der Waals surface area contributed by atoms with Crippen LogP contribution in [0.5, 0.6) is 0 Å². The molecule has 166 valence electrons. The predicted octanol–water partition coefficient (Wildman–Crippen LogP) is 5.70. The van der Waals surface area contributed by atoms with Crippen molar-refractivity contribution in [1.29, 1.82) is 5.26 Å². The van der Waals surface area contributed by atoms with Gasteiger partial charge in [0.2, 0.25) is 5.78 Å². The van der Waals surface area contributed by atoms with Crippen LogP contribution in [0, 0.1) is 11.3 Å². The van der Waals surface area contributed by atoms with Gasteiger partial charge in [-0.2, -0.15) is 5.26 Å². The first kappa shape index (κ1) is 22.6. The summed E-state index contributed by atoms with van der Waals surface area (Å²) in [6.07, 6.45) is 0.137. The predicted molar refractivity (Wildman–Crippen MR) is 130 cm³/mol. The summed E-state index contributed by atoms with van der Waals surface area (Å²) in [4.78, 5) is 26.8. The minimum absolute atomic E-state index is 0.0598. The lowest BCUT2D eigenvalue weighted by molar-refractivity contribution is -0.140. The molecule has 0 atom stereocenters. The molecule has 33 heavy (non-hydrogen) atoms. The zero-order chi connectivity index (χ0) is 23.5. The van der Waals surface area contributed by atoms with Gasteiger partial charge in [-0.3, -0.25) is 9.59 Å². The molecule has 1 aliphatic carbocycles. The molecular weight excluding hydrogens is 432 g/mol. The third-order valence-electron chi connectivity index (χ3n) is 5.74. The molecule has 0 radical (unpaired) electrons. The van der Waals surface area contributed by atoms with Gasteiger partial charge in [0.15, 0.2) is 0 Å². The highest BCUT2D eigenvalue weighted by molar-refractivity contribution is 7.99. The second-order valence-corrected chi connectivity index (χ2v) is 9.22. The average Bonchev–Trinajstić information content (AvgIpc) is 2.83. The Hall–Kier alpha value is -3.56. The summed E-state index contributed by atoms with van der Waals surface area (Å²) in [5, 5.41) is 14.6. The summed E-state index contributed by atoms with van der Waals surface area (Å²) >= 11 is 1.65. The van der Waals surface area contributed by atoms with E-state index in [4.69, 9.17) is 4.74 Å². The Morgan fingerprint density at radius 2 is 1.85 bits per heavy atom. The van der Waals surface area contributed by atoms with Gasteiger partial charge in [-0.25, -0.2) is 0 Å². The van der Waals surface area contributed by atoms with E-state index in [0.717, 1.165) is 26.1 Å². The van der Waals surface area contributed by atoms with E-state index in [-0.39, 0.29) is 30.3 Å². The van der Waals surface area contributed by atoms with Crippen molar-refractivity contribution in [2.24, 2.45) is 0 Å². The van der Waals surface area contributed by atoms with Gasteiger partial charge < -0.3 is 10.1 Å². The summed E-state index contributed by atoms with van der Waals surface area (Å²) < 4.78 is 4.69. The highest BCUT2D eigenvalue weighted by Gasteiger charge is 2.28. The van der Waals surface area contributed by atoms with Crippen LogP contribution in [0.15, 0.2) is 70.0 Å². The molecule has 6 heteroatoms. The van der Waals surface area contributed by atoms with Crippen molar-refractivity contribution in [1.82, 2.24) is 5.32 Å². The standard InChI is InChI=1S/C27H24N2O3S/c1-16(2)17-7-9-18(10-8-17)33-23-12-11-20-25-19(23)5-4-6-21(25)27(31)22(15-28)26(20)29-14-13-24(30)32-3/h4-12,16,29H,13-14H2,1-3H3. The van der Waals surface area contributed by atoms with E-state index in [0.29, 0.717) is 17.2 Å². The molecule has 4 rings (SSSR count). The first-order valence-corrected chi connectivity index (χ1v) is 11.6. The second-order valence-electron chi connectivity index (χ2n) is 8.11. The maximum absolute atomic E-state index is 13.1. The third-order valence-corrected chi connectivity index (χ3v) is 6.82. The Labute approximate surface area is 197 Å². The molecule has 0 unspecified atom stereocenters. The fourth-order valence-electron chi connectivity index (χ4n) is 3.98. The van der Waals surface area contributed by atoms with Crippen LogP contribution in [-0.4, -0.2) is 25.4 Å². The summed E-state index contributed by atoms with van der Waals surface area (Å²) in [5.41, 5.74) is 3.13. The lowest BCUT2D eigenvalue weighted by Crippen LogP contribution is -2.24. The van der Waals surface area contributed by atoms with Crippen molar-refractivity contribution in [3.8, 4) is 6.07 Å². The molecule has 3 aromatic rings. The normalized spacial score (nSPS) is 12.8. The van der Waals surface area contributed by atoms with E-state index in [2.05, 4.69) is 49.5 Å². The van der Waals surface area contributed by atoms with Crippen LogP contribution in [0.3, 0.4) is 0 Å². The fourth-order valence-corrected chi connectivity index (χ4v) is 4.92. The number of esters is 1. The molecule has 5 nitrogen and oxygen atoms in total. The fraction of sp³-hybridized carbons (Fsp3) is 0.222. The van der Waals surface area contributed by atoms with E-state index in [1.807, 2.05) is 24.3 Å². The van der Waals surface area contributed by atoms with Gasteiger partial charge in [0.1, 0.15) is 11.6 Å². The first-order chi connectivity index (χ1) is 15.9. The average molecular weight is 457 g/mol. The number of hydrogen-bond donors (Lipinski definition) is 1. The van der Waals surface area contributed by atoms with Gasteiger partial charge in [-0.05, 0) is 35.1 Å². The van der Waals surface area contributed by atoms with Crippen molar-refractivity contribution in [2.75, 3.05) is 13.7 Å². The van der Waals surface area contributed by atoms with Gasteiger partial charge in [-0.15, -0.1) is 0 Å². The molecule has 0 bridgehead atoms. The summed E-state index contributed by atoms with van der Waals surface area (Å²) in [7, 11) is 1.33. The molecule has 1 aliphatic rings. The van der Waals surface area contributed by atoms with Gasteiger partial charge in [0.25, 0.3) is 0 Å². The minimum atomic E-state index is -0.357. The van der Waals surface area contributed by atoms with Gasteiger partial charge in [0, 0.05) is 32.8 Å². The summed E-state index contributed by atoms with van der Waals surface area (Å²) in [6.45, 7) is 4.61. The third kappa shape index (κ3) is 4.37. The second kappa shape index (κ2) is 9.51. The monoisotopic (exact) mass is 456 g/mol. The van der Waals surface area contributed by atoms with Crippen LogP contribution in [0.25, 0.3) is 16.5 Å². The highest BCUT2D eigenvalue weighted by atomic mass is 32.2. The molecule has 3 aromatic carbocycles. The topological polar surface area (TPSA) is 79.2 Å². The number of benzene rings is 3. The van der Waals surface area contributed by atoms with Crippen LogP contribution in [0.2, 0.25) is 0 Å². The molecule has 0 aliphatic heterocycles. The van der Waals surface area contributed by atoms with E-state index in [9.17, 15) is 14.9 Å². The minimum Gasteiger partial charge on any atom is -0.469 e. The van der Waals surface area contributed by atoms with Crippen LogP contribution in [-0.2, 0) is 9.53 Å². The summed E-state index contributed by atoms with van der Waals surface area (Å²) in [5.74, 6) is -0.189. The SMILES string of the molecule is COC(=O)CCNC1=C(C#N)C(=O)c2cccc3c(Sc4ccc(C(C)C)cc4)ccc1c23. The van der Waals surface area contributed by atoms with Crippen molar-refractivity contribution in [3.63, 3.8) is 0 Å². The van der Waals surface area contributed by atoms with E-state index in [1.54, 1.807) is 17.8 Å². The maximum atomic E-state index is 13.1. The number of Topliss-reactive ketones (excluding diaryl/α,β-unsaturated/α-hetero) is 1. The number of nitrogens with one attached hydrogen (secondary N) is 1. The number of nitriles is 1. The van der Waals surface area contributed by atoms with Crippen LogP contribution >= 0.6 is 11.8 Å². The Kier molecular flexibility index (Phi) is 6.52. The van der Waals surface area contributed by atoms with Gasteiger partial charge in [-0.1, -0.05) is 62.0 Å². The van der Waals surface area contributed by atoms with Crippen molar-refractivity contribution >= 4 is 40.0 Å². The quantitative estimate of drug-likeness (QED) is 0.460. The van der Waals surface area contributed by atoms with Crippen molar-refractivity contribution < 1.29 is 14.3 Å². The molecule has 1 N–H and O–H groups in total. The highest BCUT2D eigenvalue weighted by Crippen LogP contribution is 2.41. The number of carbonyl (C=O) groups excluding carboxylic acids is 2. The molecule has 0 saturated carbocycles. The number of carbonyl (C=O) groups is 2. The maximum Gasteiger partial charge on any atom is 0.307 e. The number of ketones is 1. The Morgan fingerprint density at radius 3 is 2.52 bits per heavy atom. The molecule has 0 saturated heterocycles. The molecule has 0 fully saturated rings. The largest absolute Gasteiger partial charge is 0.469 e. The van der Waals surface area contributed by atoms with Crippen LogP contribution in [0.1, 0.15) is 47.7 Å². The lowest BCUT2D eigenvalue weighted by atomic mass is 9.86. The number of methoxy groups -OCH3 is 1. The molecular formula is C27H24N2O3S. The Morgan fingerprint density at radius 1 is 1.09 bits per heavy atom. The number of ether oxygens (including phenoxy) is 1. The van der Waals surface area contributed by atoms with Crippen LogP contribution < -0.4 is 5.32 Å². The molecule has 0 aromatic heterocycles. The van der Waals surface area contributed by atoms with Gasteiger partial charge >= 0.3 is 5.97 Å². The Bertz CT molecular complexity index is 1320. The van der Waals surface area contributed by atoms with Crippen LogP contribution in [0.4, 0.5) is 0 Å². The van der Waals surface area contributed by atoms with E-state index in [1.165, 1.54) is 12.7 Å². The number of rotatable bonds is 7. The van der Waals surface area contributed by atoms with Crippen molar-refractivity contribution in [3.05, 3.63) is 76.9 Å². The molecule has 0 amide bonds. The zero-order valence-electron chi connectivity index (χ0n) is 18.8. The smallest absolute Gasteiger partial charge is 0.307 e. The zero-order valence-corrected chi connectivity index (χ0v) is 19.6. The molecule has 0 spiro atoms. The molecule has 0 heterocycles. The first-order valence-electron chi connectivity index (χ1n) is 10.8. The number of allylic oxidation sites excluding steroid dienone is 1. The van der Waals surface area contributed by atoms with E-state index >= 15 is 0 Å². The van der Waals surface area contributed by atoms with Gasteiger partial charge in [0.05, 0.1) is 19.2 Å². The lowest BCUT2D eigenvalue weighted by Gasteiger charge is -2.22. The van der Waals surface area contributed by atoms with Crippen molar-refractivity contribution in [2.45, 2.75) is 36.0 Å². The Balaban J connectivity index is 1.75. The number of hydrogen-bond acceptors (Lipinski definition) is 6. The number of nitrogens with zero attached hydrogens (tertiary/aromatic N) is 1.